The van der Waals surface area contributed by atoms with Crippen LogP contribution in [0.3, 0.4) is 0 Å². The van der Waals surface area contributed by atoms with Crippen LogP contribution in [-0.2, 0) is 14.3 Å². The van der Waals surface area contributed by atoms with E-state index in [1.165, 1.54) is 0 Å². The third-order valence-corrected chi connectivity index (χ3v) is 6.53. The summed E-state index contributed by atoms with van der Waals surface area (Å²) in [6.45, 7) is 9.41. The summed E-state index contributed by atoms with van der Waals surface area (Å²) in [5.41, 5.74) is -0.407. The summed E-state index contributed by atoms with van der Waals surface area (Å²) < 4.78 is 5.95. The molecule has 4 aliphatic rings. The number of carbonyl (C=O) groups is 3. The van der Waals surface area contributed by atoms with Gasteiger partial charge in [-0.1, -0.05) is 0 Å². The molecule has 0 bridgehead atoms. The Bertz CT molecular complexity index is 677. The van der Waals surface area contributed by atoms with Crippen molar-refractivity contribution in [3.63, 3.8) is 0 Å². The molecule has 8 nitrogen and oxygen atoms in total. The lowest BCUT2D eigenvalue weighted by molar-refractivity contribution is -0.168. The Morgan fingerprint density at radius 2 is 2.00 bits per heavy atom. The van der Waals surface area contributed by atoms with Crippen molar-refractivity contribution in [3.8, 4) is 0 Å². The summed E-state index contributed by atoms with van der Waals surface area (Å²) in [6.07, 6.45) is 2.48. The van der Waals surface area contributed by atoms with E-state index >= 15 is 0 Å². The molecule has 3 heterocycles. The Labute approximate surface area is 166 Å². The standard InChI is InChI=1S/C20H32N4O4/c1-5-24-16-15(17(25)22-19(24)27)13(8-14(21-16)12-6-7-12)18(26)23-9-11(2)28-20(3,4)10-23/h11-16,21H,5-10H2,1-4H3,(H,22,25,27). The Balaban J connectivity index is 1.62. The zero-order valence-electron chi connectivity index (χ0n) is 17.2. The Morgan fingerprint density at radius 3 is 2.61 bits per heavy atom. The Hall–Kier alpha value is -1.67. The van der Waals surface area contributed by atoms with Crippen molar-refractivity contribution in [1.82, 2.24) is 20.4 Å². The van der Waals surface area contributed by atoms with Crippen LogP contribution in [0.25, 0.3) is 0 Å². The van der Waals surface area contributed by atoms with Gasteiger partial charge in [0.2, 0.25) is 11.8 Å². The van der Waals surface area contributed by atoms with Gasteiger partial charge >= 0.3 is 6.03 Å². The molecular weight excluding hydrogens is 360 g/mol. The molecule has 0 aromatic rings. The highest BCUT2D eigenvalue weighted by Gasteiger charge is 2.54. The molecule has 5 atom stereocenters. The fourth-order valence-corrected chi connectivity index (χ4v) is 5.31. The van der Waals surface area contributed by atoms with Crippen LogP contribution in [0.4, 0.5) is 4.79 Å². The predicted molar refractivity (Wildman–Crippen MR) is 102 cm³/mol. The van der Waals surface area contributed by atoms with Gasteiger partial charge in [-0.05, 0) is 52.9 Å². The van der Waals surface area contributed by atoms with Crippen molar-refractivity contribution < 1.29 is 19.1 Å². The van der Waals surface area contributed by atoms with Crippen LogP contribution in [0.1, 0.15) is 47.0 Å². The lowest BCUT2D eigenvalue weighted by Gasteiger charge is -2.50. The van der Waals surface area contributed by atoms with Gasteiger partial charge < -0.3 is 14.5 Å². The molecule has 156 valence electrons. The van der Waals surface area contributed by atoms with Gasteiger partial charge in [-0.15, -0.1) is 0 Å². The number of urea groups is 1. The van der Waals surface area contributed by atoms with Crippen molar-refractivity contribution in [2.75, 3.05) is 19.6 Å². The van der Waals surface area contributed by atoms with Gasteiger partial charge in [0.25, 0.3) is 0 Å². The molecule has 4 rings (SSSR count). The highest BCUT2D eigenvalue weighted by Crippen LogP contribution is 2.42. The van der Waals surface area contributed by atoms with Gasteiger partial charge in [-0.25, -0.2) is 4.79 Å². The second-order valence-corrected chi connectivity index (χ2v) is 9.41. The minimum atomic E-state index is -0.554. The summed E-state index contributed by atoms with van der Waals surface area (Å²) in [6, 6.07) is -0.195. The number of hydrogen-bond acceptors (Lipinski definition) is 5. The molecule has 3 saturated heterocycles. The van der Waals surface area contributed by atoms with Gasteiger partial charge in [-0.2, -0.15) is 0 Å². The molecule has 4 fully saturated rings. The summed E-state index contributed by atoms with van der Waals surface area (Å²) in [5, 5.41) is 6.01. The van der Waals surface area contributed by atoms with Crippen LogP contribution in [0.5, 0.6) is 0 Å². The zero-order chi connectivity index (χ0) is 20.2. The first-order chi connectivity index (χ1) is 13.2. The maximum Gasteiger partial charge on any atom is 0.325 e. The van der Waals surface area contributed by atoms with Crippen LogP contribution in [0, 0.1) is 17.8 Å². The smallest absolute Gasteiger partial charge is 0.325 e. The van der Waals surface area contributed by atoms with E-state index in [1.807, 2.05) is 32.6 Å². The second kappa shape index (κ2) is 6.99. The van der Waals surface area contributed by atoms with E-state index in [0.717, 1.165) is 12.8 Å². The number of piperidine rings is 1. The van der Waals surface area contributed by atoms with Gasteiger partial charge in [-0.3, -0.25) is 20.2 Å². The largest absolute Gasteiger partial charge is 0.369 e. The quantitative estimate of drug-likeness (QED) is 0.745. The van der Waals surface area contributed by atoms with E-state index in [2.05, 4.69) is 10.6 Å². The van der Waals surface area contributed by atoms with Crippen molar-refractivity contribution in [2.45, 2.75) is 70.9 Å². The molecule has 3 aliphatic heterocycles. The molecule has 1 aliphatic carbocycles. The summed E-state index contributed by atoms with van der Waals surface area (Å²) in [4.78, 5) is 42.3. The monoisotopic (exact) mass is 392 g/mol. The average Bonchev–Trinajstić information content (AvgIpc) is 3.43. The van der Waals surface area contributed by atoms with Crippen LogP contribution in [0.2, 0.25) is 0 Å². The highest BCUT2D eigenvalue weighted by molar-refractivity contribution is 6.00. The van der Waals surface area contributed by atoms with E-state index in [1.54, 1.807) is 4.90 Å². The molecule has 5 unspecified atom stereocenters. The lowest BCUT2D eigenvalue weighted by atomic mass is 9.76. The minimum Gasteiger partial charge on any atom is -0.369 e. The first kappa shape index (κ1) is 19.6. The van der Waals surface area contributed by atoms with E-state index < -0.39 is 23.6 Å². The predicted octanol–water partition coefficient (Wildman–Crippen LogP) is 0.914. The van der Waals surface area contributed by atoms with Crippen LogP contribution in [0.15, 0.2) is 0 Å². The topological polar surface area (TPSA) is 91.0 Å². The molecular formula is C20H32N4O4. The van der Waals surface area contributed by atoms with E-state index in [4.69, 9.17) is 4.74 Å². The Morgan fingerprint density at radius 1 is 1.29 bits per heavy atom. The van der Waals surface area contributed by atoms with E-state index in [0.29, 0.717) is 32.0 Å². The molecule has 2 N–H and O–H groups in total. The third-order valence-electron chi connectivity index (χ3n) is 6.53. The number of ether oxygens (including phenoxy) is 1. The molecule has 8 heteroatoms. The summed E-state index contributed by atoms with van der Waals surface area (Å²) in [5.74, 6) is -0.747. The number of morpholine rings is 1. The zero-order valence-corrected chi connectivity index (χ0v) is 17.2. The van der Waals surface area contributed by atoms with Gasteiger partial charge in [0, 0.05) is 25.7 Å². The van der Waals surface area contributed by atoms with Crippen molar-refractivity contribution in [2.24, 2.45) is 17.8 Å². The summed E-state index contributed by atoms with van der Waals surface area (Å²) >= 11 is 0. The first-order valence-corrected chi connectivity index (χ1v) is 10.5. The fraction of sp³-hybridized carbons (Fsp3) is 0.850. The van der Waals surface area contributed by atoms with Gasteiger partial charge in [0.1, 0.15) is 0 Å². The SMILES string of the molecule is CCN1C(=O)NC(=O)C2C(C(=O)N3CC(C)OC(C)(C)C3)CC(C3CC3)NC21. The van der Waals surface area contributed by atoms with Crippen molar-refractivity contribution in [3.05, 3.63) is 0 Å². The number of fused-ring (bicyclic) bond motifs is 1. The molecule has 0 aromatic carbocycles. The maximum atomic E-state index is 13.6. The fourth-order valence-electron chi connectivity index (χ4n) is 5.31. The number of rotatable bonds is 3. The van der Waals surface area contributed by atoms with E-state index in [-0.39, 0.29) is 30.0 Å². The summed E-state index contributed by atoms with van der Waals surface area (Å²) in [7, 11) is 0. The van der Waals surface area contributed by atoms with Crippen LogP contribution < -0.4 is 10.6 Å². The minimum absolute atomic E-state index is 0.0194. The first-order valence-electron chi connectivity index (χ1n) is 10.5. The van der Waals surface area contributed by atoms with Crippen LogP contribution in [-0.4, -0.2) is 71.2 Å². The number of nitrogens with one attached hydrogen (secondary N) is 2. The van der Waals surface area contributed by atoms with Crippen molar-refractivity contribution in [1.29, 1.82) is 0 Å². The number of carbonyl (C=O) groups excluding carboxylic acids is 3. The normalized spacial score (nSPS) is 38.1. The molecule has 1 saturated carbocycles. The van der Waals surface area contributed by atoms with Crippen molar-refractivity contribution >= 4 is 17.8 Å². The Kier molecular flexibility index (Phi) is 4.90. The molecule has 0 aromatic heterocycles. The molecule has 0 spiro atoms. The maximum absolute atomic E-state index is 13.6. The van der Waals surface area contributed by atoms with Gasteiger partial charge in [0.15, 0.2) is 0 Å². The number of amides is 4. The van der Waals surface area contributed by atoms with Crippen LogP contribution >= 0.6 is 0 Å². The number of nitrogens with zero attached hydrogens (tertiary/aromatic N) is 2. The molecule has 0 radical (unpaired) electrons. The third kappa shape index (κ3) is 3.52. The lowest BCUT2D eigenvalue weighted by Crippen LogP contribution is -2.72. The molecule has 28 heavy (non-hydrogen) atoms. The average molecular weight is 393 g/mol. The second-order valence-electron chi connectivity index (χ2n) is 9.41. The molecule has 4 amide bonds. The van der Waals surface area contributed by atoms with E-state index in [9.17, 15) is 14.4 Å². The van der Waals surface area contributed by atoms with Gasteiger partial charge in [0.05, 0.1) is 29.7 Å². The number of hydrogen-bond donors (Lipinski definition) is 2. The highest BCUT2D eigenvalue weighted by atomic mass is 16.5. The number of imide groups is 1.